The lowest BCUT2D eigenvalue weighted by Gasteiger charge is -2.19. The minimum atomic E-state index is -4.55. The number of H-pyrrole nitrogens is 1. The Labute approximate surface area is 180 Å². The number of nitrogens with zero attached hydrogens (tertiary/aromatic N) is 2. The number of hydrogen-bond acceptors (Lipinski definition) is 2. The van der Waals surface area contributed by atoms with Crippen LogP contribution in [-0.2, 0) is 17.5 Å². The molecule has 9 heteroatoms. The van der Waals surface area contributed by atoms with Crippen molar-refractivity contribution in [2.24, 2.45) is 0 Å². The van der Waals surface area contributed by atoms with Gasteiger partial charge in [-0.05, 0) is 29.3 Å². The number of alkyl halides is 3. The number of fused-ring (bicyclic) bond motifs is 1. The second kappa shape index (κ2) is 8.47. The van der Waals surface area contributed by atoms with E-state index in [9.17, 15) is 18.0 Å². The smallest absolute Gasteiger partial charge is 0.361 e. The molecule has 2 N–H and O–H groups in total. The van der Waals surface area contributed by atoms with Crippen LogP contribution in [0.2, 0.25) is 5.02 Å². The molecule has 2 heterocycles. The third-order valence-corrected chi connectivity index (χ3v) is 5.36. The molecule has 0 saturated heterocycles. The maximum Gasteiger partial charge on any atom is 0.435 e. The molecule has 4 rings (SSSR count). The van der Waals surface area contributed by atoms with Gasteiger partial charge in [0, 0.05) is 40.8 Å². The van der Waals surface area contributed by atoms with Gasteiger partial charge in [-0.1, -0.05) is 48.0 Å². The lowest BCUT2D eigenvalue weighted by atomic mass is 9.90. The number of carbonyl (C=O) groups excluding carboxylic acids is 1. The normalized spacial score (nSPS) is 12.8. The van der Waals surface area contributed by atoms with Gasteiger partial charge in [0.1, 0.15) is 6.54 Å². The van der Waals surface area contributed by atoms with E-state index >= 15 is 0 Å². The van der Waals surface area contributed by atoms with Crippen molar-refractivity contribution < 1.29 is 18.0 Å². The number of aromatic nitrogens is 3. The molecule has 0 aliphatic rings. The Balaban J connectivity index is 1.55. The van der Waals surface area contributed by atoms with Gasteiger partial charge < -0.3 is 10.3 Å². The van der Waals surface area contributed by atoms with Gasteiger partial charge in [0.2, 0.25) is 5.91 Å². The summed E-state index contributed by atoms with van der Waals surface area (Å²) >= 11 is 6.43. The molecule has 0 saturated carbocycles. The van der Waals surface area contributed by atoms with E-state index < -0.39 is 17.8 Å². The monoisotopic (exact) mass is 446 g/mol. The van der Waals surface area contributed by atoms with E-state index in [4.69, 9.17) is 11.6 Å². The zero-order valence-electron chi connectivity index (χ0n) is 16.2. The van der Waals surface area contributed by atoms with Crippen molar-refractivity contribution in [3.8, 4) is 0 Å². The Bertz CT molecular complexity index is 1210. The van der Waals surface area contributed by atoms with Crippen molar-refractivity contribution >= 4 is 28.4 Å². The van der Waals surface area contributed by atoms with Crippen LogP contribution in [0.1, 0.15) is 22.7 Å². The van der Waals surface area contributed by atoms with Crippen molar-refractivity contribution in [3.63, 3.8) is 0 Å². The molecule has 160 valence electrons. The summed E-state index contributed by atoms with van der Waals surface area (Å²) in [4.78, 5) is 15.7. The molecule has 0 bridgehead atoms. The summed E-state index contributed by atoms with van der Waals surface area (Å²) in [6.07, 6.45) is -1.53. The molecule has 2 aromatic heterocycles. The molecule has 0 radical (unpaired) electrons. The van der Waals surface area contributed by atoms with Crippen LogP contribution in [0.25, 0.3) is 10.9 Å². The van der Waals surface area contributed by atoms with Crippen LogP contribution in [0.3, 0.4) is 0 Å². The summed E-state index contributed by atoms with van der Waals surface area (Å²) < 4.78 is 39.1. The van der Waals surface area contributed by atoms with Gasteiger partial charge >= 0.3 is 6.18 Å². The molecular weight excluding hydrogens is 429 g/mol. The average Bonchev–Trinajstić information content (AvgIpc) is 3.37. The number of nitrogens with one attached hydrogen (secondary N) is 2. The van der Waals surface area contributed by atoms with E-state index in [0.29, 0.717) is 5.02 Å². The van der Waals surface area contributed by atoms with Crippen LogP contribution >= 0.6 is 11.6 Å². The number of benzene rings is 2. The minimum Gasteiger partial charge on any atom is -0.361 e. The topological polar surface area (TPSA) is 62.7 Å². The van der Waals surface area contributed by atoms with Gasteiger partial charge in [0.15, 0.2) is 5.69 Å². The van der Waals surface area contributed by atoms with Gasteiger partial charge in [0.25, 0.3) is 0 Å². The van der Waals surface area contributed by atoms with Crippen LogP contribution in [0.5, 0.6) is 0 Å². The highest BCUT2D eigenvalue weighted by atomic mass is 35.5. The molecule has 0 aliphatic carbocycles. The number of halogens is 4. The average molecular weight is 447 g/mol. The molecule has 1 unspecified atom stereocenters. The second-order valence-corrected chi connectivity index (χ2v) is 7.47. The standard InChI is InChI=1S/C22H18ClF3N4O/c23-18-7-3-1-5-14(18)16(17-11-27-19-8-4-2-6-15(17)19)12-28-21(31)13-30-10-9-20(29-30)22(24,25)26/h1-11,16,27H,12-13H2,(H,28,31). The highest BCUT2D eigenvalue weighted by Crippen LogP contribution is 2.34. The van der Waals surface area contributed by atoms with E-state index in [2.05, 4.69) is 15.4 Å². The van der Waals surface area contributed by atoms with E-state index in [0.717, 1.165) is 39.0 Å². The fourth-order valence-corrected chi connectivity index (χ4v) is 3.81. The molecule has 0 aliphatic heterocycles. The number of carbonyl (C=O) groups is 1. The summed E-state index contributed by atoms with van der Waals surface area (Å²) in [6, 6.07) is 16.0. The highest BCUT2D eigenvalue weighted by Gasteiger charge is 2.33. The summed E-state index contributed by atoms with van der Waals surface area (Å²) in [5, 5.41) is 7.79. The van der Waals surface area contributed by atoms with E-state index in [1.165, 1.54) is 0 Å². The first-order valence-corrected chi connectivity index (χ1v) is 9.88. The SMILES string of the molecule is O=C(Cn1ccc(C(F)(F)F)n1)NCC(c1ccccc1Cl)c1c[nH]c2ccccc12. The molecule has 1 amide bonds. The molecule has 31 heavy (non-hydrogen) atoms. The number of rotatable bonds is 6. The Morgan fingerprint density at radius 3 is 2.58 bits per heavy atom. The molecule has 0 fully saturated rings. The molecule has 4 aromatic rings. The van der Waals surface area contributed by atoms with Crippen LogP contribution in [0.15, 0.2) is 67.0 Å². The van der Waals surface area contributed by atoms with Gasteiger partial charge in [0.05, 0.1) is 0 Å². The van der Waals surface area contributed by atoms with Crippen molar-refractivity contribution in [2.75, 3.05) is 6.54 Å². The number of aromatic amines is 1. The lowest BCUT2D eigenvalue weighted by Crippen LogP contribution is -2.32. The first kappa shape index (κ1) is 21.0. The third kappa shape index (κ3) is 4.59. The first-order chi connectivity index (χ1) is 14.8. The maximum atomic E-state index is 12.7. The zero-order valence-corrected chi connectivity index (χ0v) is 16.9. The van der Waals surface area contributed by atoms with Gasteiger partial charge in [-0.2, -0.15) is 18.3 Å². The molecule has 0 spiro atoms. The summed E-state index contributed by atoms with van der Waals surface area (Å²) in [5.41, 5.74) is 1.72. The van der Waals surface area contributed by atoms with Gasteiger partial charge in [-0.15, -0.1) is 0 Å². The summed E-state index contributed by atoms with van der Waals surface area (Å²) in [6.45, 7) is -0.100. The summed E-state index contributed by atoms with van der Waals surface area (Å²) in [7, 11) is 0. The number of amides is 1. The minimum absolute atomic E-state index is 0.220. The quantitative estimate of drug-likeness (QED) is 0.438. The number of hydrogen-bond donors (Lipinski definition) is 2. The molecule has 5 nitrogen and oxygen atoms in total. The third-order valence-electron chi connectivity index (χ3n) is 5.02. The van der Waals surface area contributed by atoms with Crippen LogP contribution < -0.4 is 5.32 Å². The van der Waals surface area contributed by atoms with Crippen LogP contribution in [0, 0.1) is 0 Å². The number of para-hydroxylation sites is 1. The maximum absolute atomic E-state index is 12.7. The van der Waals surface area contributed by atoms with Crippen molar-refractivity contribution in [1.82, 2.24) is 20.1 Å². The van der Waals surface area contributed by atoms with Gasteiger partial charge in [-0.3, -0.25) is 9.48 Å². The second-order valence-electron chi connectivity index (χ2n) is 7.06. The summed E-state index contributed by atoms with van der Waals surface area (Å²) in [5.74, 6) is -0.703. The van der Waals surface area contributed by atoms with Crippen molar-refractivity contribution in [2.45, 2.75) is 18.6 Å². The predicted octanol–water partition coefficient (Wildman–Crippen LogP) is 4.98. The highest BCUT2D eigenvalue weighted by molar-refractivity contribution is 6.31. The Morgan fingerprint density at radius 1 is 1.10 bits per heavy atom. The van der Waals surface area contributed by atoms with E-state index in [1.807, 2.05) is 48.7 Å². The Hall–Kier alpha value is -3.26. The molecule has 2 aromatic carbocycles. The van der Waals surface area contributed by atoms with Crippen molar-refractivity contribution in [1.29, 1.82) is 0 Å². The first-order valence-electron chi connectivity index (χ1n) is 9.50. The van der Waals surface area contributed by atoms with Crippen molar-refractivity contribution in [3.05, 3.63) is 88.8 Å². The Kier molecular flexibility index (Phi) is 5.73. The zero-order chi connectivity index (χ0) is 22.0. The Morgan fingerprint density at radius 2 is 1.84 bits per heavy atom. The van der Waals surface area contributed by atoms with E-state index in [-0.39, 0.29) is 19.0 Å². The fraction of sp³-hybridized carbons (Fsp3) is 0.182. The van der Waals surface area contributed by atoms with Gasteiger partial charge in [-0.25, -0.2) is 0 Å². The van der Waals surface area contributed by atoms with Crippen LogP contribution in [-0.4, -0.2) is 27.2 Å². The largest absolute Gasteiger partial charge is 0.435 e. The fourth-order valence-electron chi connectivity index (χ4n) is 3.55. The predicted molar refractivity (Wildman–Crippen MR) is 112 cm³/mol. The molecular formula is C22H18ClF3N4O. The molecule has 1 atom stereocenters. The lowest BCUT2D eigenvalue weighted by molar-refractivity contribution is -0.141. The van der Waals surface area contributed by atoms with Crippen LogP contribution in [0.4, 0.5) is 13.2 Å². The van der Waals surface area contributed by atoms with E-state index in [1.54, 1.807) is 6.07 Å².